The standard InChI is InChI=1S/C13H22N4O2S/c1-3-6-17(2)13-16-11(14)10(20-13)12(18)15-8-9-5-4-7-19-9/h9H,3-8,14H2,1-2H3,(H,15,18). The van der Waals surface area contributed by atoms with Crippen molar-refractivity contribution in [2.24, 2.45) is 0 Å². The van der Waals surface area contributed by atoms with E-state index in [2.05, 4.69) is 17.2 Å². The Morgan fingerprint density at radius 1 is 1.65 bits per heavy atom. The molecule has 1 atom stereocenters. The molecule has 1 fully saturated rings. The van der Waals surface area contributed by atoms with Crippen LogP contribution in [0.15, 0.2) is 0 Å². The number of carbonyl (C=O) groups is 1. The molecule has 0 bridgehead atoms. The van der Waals surface area contributed by atoms with Crippen molar-refractivity contribution in [2.45, 2.75) is 32.3 Å². The lowest BCUT2D eigenvalue weighted by Crippen LogP contribution is -2.31. The smallest absolute Gasteiger partial charge is 0.265 e. The van der Waals surface area contributed by atoms with E-state index in [1.807, 2.05) is 11.9 Å². The Balaban J connectivity index is 1.94. The molecule has 1 saturated heterocycles. The number of nitrogens with two attached hydrogens (primary N) is 1. The fourth-order valence-corrected chi connectivity index (χ4v) is 3.06. The largest absolute Gasteiger partial charge is 0.382 e. The maximum atomic E-state index is 12.1. The molecular formula is C13H22N4O2S. The number of amides is 1. The zero-order chi connectivity index (χ0) is 14.5. The van der Waals surface area contributed by atoms with E-state index in [9.17, 15) is 4.79 Å². The number of hydrogen-bond acceptors (Lipinski definition) is 6. The van der Waals surface area contributed by atoms with E-state index < -0.39 is 0 Å². The minimum atomic E-state index is -0.161. The van der Waals surface area contributed by atoms with Crippen LogP contribution in [0.5, 0.6) is 0 Å². The molecular weight excluding hydrogens is 276 g/mol. The molecule has 0 saturated carbocycles. The second-order valence-electron chi connectivity index (χ2n) is 4.98. The van der Waals surface area contributed by atoms with Gasteiger partial charge in [0.25, 0.3) is 5.91 Å². The molecule has 2 heterocycles. The van der Waals surface area contributed by atoms with Gasteiger partial charge in [0.05, 0.1) is 6.10 Å². The highest BCUT2D eigenvalue weighted by Gasteiger charge is 2.20. The first-order chi connectivity index (χ1) is 9.61. The van der Waals surface area contributed by atoms with Crippen molar-refractivity contribution in [3.8, 4) is 0 Å². The summed E-state index contributed by atoms with van der Waals surface area (Å²) in [5.74, 6) is 0.143. The molecule has 1 aromatic rings. The van der Waals surface area contributed by atoms with E-state index in [1.165, 1.54) is 11.3 Å². The van der Waals surface area contributed by atoms with Crippen molar-refractivity contribution in [1.29, 1.82) is 0 Å². The van der Waals surface area contributed by atoms with Gasteiger partial charge in [0.2, 0.25) is 0 Å². The van der Waals surface area contributed by atoms with E-state index in [4.69, 9.17) is 10.5 Å². The predicted octanol–water partition coefficient (Wildman–Crippen LogP) is 1.48. The molecule has 0 radical (unpaired) electrons. The number of aromatic nitrogens is 1. The zero-order valence-corrected chi connectivity index (χ0v) is 12.8. The molecule has 6 nitrogen and oxygen atoms in total. The Hall–Kier alpha value is -1.34. The van der Waals surface area contributed by atoms with Crippen LogP contribution in [0, 0.1) is 0 Å². The third-order valence-corrected chi connectivity index (χ3v) is 4.43. The fourth-order valence-electron chi connectivity index (χ4n) is 2.17. The Morgan fingerprint density at radius 3 is 3.10 bits per heavy atom. The third kappa shape index (κ3) is 3.61. The first kappa shape index (κ1) is 15.1. The Labute approximate surface area is 123 Å². The summed E-state index contributed by atoms with van der Waals surface area (Å²) in [7, 11) is 1.95. The highest BCUT2D eigenvalue weighted by molar-refractivity contribution is 7.18. The van der Waals surface area contributed by atoms with Crippen LogP contribution in [0.25, 0.3) is 0 Å². The monoisotopic (exact) mass is 298 g/mol. The third-order valence-electron chi connectivity index (χ3n) is 3.25. The number of thiazole rings is 1. The van der Waals surface area contributed by atoms with Crippen molar-refractivity contribution in [2.75, 3.05) is 37.4 Å². The maximum Gasteiger partial charge on any atom is 0.265 e. The number of rotatable bonds is 6. The molecule has 3 N–H and O–H groups in total. The second-order valence-corrected chi connectivity index (χ2v) is 5.95. The Kier molecular flexibility index (Phi) is 5.19. The molecule has 2 rings (SSSR count). The molecule has 1 aromatic heterocycles. The molecule has 1 amide bonds. The van der Waals surface area contributed by atoms with Gasteiger partial charge in [-0.25, -0.2) is 4.98 Å². The SMILES string of the molecule is CCCN(C)c1nc(N)c(C(=O)NCC2CCCO2)s1. The summed E-state index contributed by atoms with van der Waals surface area (Å²) in [5.41, 5.74) is 5.84. The average Bonchev–Trinajstić information content (AvgIpc) is 3.05. The van der Waals surface area contributed by atoms with Gasteiger partial charge in [-0.15, -0.1) is 0 Å². The van der Waals surface area contributed by atoms with Crippen molar-refractivity contribution in [3.05, 3.63) is 4.88 Å². The Bertz CT molecular complexity index is 457. The minimum Gasteiger partial charge on any atom is -0.382 e. The van der Waals surface area contributed by atoms with E-state index in [0.29, 0.717) is 17.2 Å². The first-order valence-electron chi connectivity index (χ1n) is 6.99. The minimum absolute atomic E-state index is 0.135. The molecule has 112 valence electrons. The molecule has 7 heteroatoms. The number of carbonyl (C=O) groups excluding carboxylic acids is 1. The maximum absolute atomic E-state index is 12.1. The van der Waals surface area contributed by atoms with E-state index in [-0.39, 0.29) is 12.0 Å². The van der Waals surface area contributed by atoms with Gasteiger partial charge < -0.3 is 20.7 Å². The van der Waals surface area contributed by atoms with Crippen LogP contribution in [0.2, 0.25) is 0 Å². The molecule has 0 aliphatic carbocycles. The van der Waals surface area contributed by atoms with Crippen LogP contribution in [0.3, 0.4) is 0 Å². The molecule has 0 spiro atoms. The topological polar surface area (TPSA) is 80.5 Å². The van der Waals surface area contributed by atoms with Crippen molar-refractivity contribution in [1.82, 2.24) is 10.3 Å². The van der Waals surface area contributed by atoms with Gasteiger partial charge in [0, 0.05) is 26.7 Å². The lowest BCUT2D eigenvalue weighted by atomic mass is 10.2. The Morgan fingerprint density at radius 2 is 2.45 bits per heavy atom. The summed E-state index contributed by atoms with van der Waals surface area (Å²) in [6.45, 7) is 4.32. The van der Waals surface area contributed by atoms with E-state index in [1.54, 1.807) is 0 Å². The number of nitrogens with one attached hydrogen (secondary N) is 1. The van der Waals surface area contributed by atoms with Crippen molar-refractivity contribution < 1.29 is 9.53 Å². The van der Waals surface area contributed by atoms with Crippen molar-refractivity contribution >= 4 is 28.2 Å². The van der Waals surface area contributed by atoms with Crippen LogP contribution in [0.4, 0.5) is 10.9 Å². The lowest BCUT2D eigenvalue weighted by Gasteiger charge is -2.13. The lowest BCUT2D eigenvalue weighted by molar-refractivity contribution is 0.0861. The number of hydrogen-bond donors (Lipinski definition) is 2. The summed E-state index contributed by atoms with van der Waals surface area (Å²) in [5, 5.41) is 3.66. The molecule has 1 aliphatic heterocycles. The average molecular weight is 298 g/mol. The summed E-state index contributed by atoms with van der Waals surface area (Å²) in [6.07, 6.45) is 3.23. The van der Waals surface area contributed by atoms with Gasteiger partial charge in [-0.1, -0.05) is 18.3 Å². The second kappa shape index (κ2) is 6.90. The summed E-state index contributed by atoms with van der Waals surface area (Å²) in [6, 6.07) is 0. The van der Waals surface area contributed by atoms with Gasteiger partial charge in [-0.2, -0.15) is 0 Å². The number of anilines is 2. The van der Waals surface area contributed by atoms with Crippen LogP contribution in [0.1, 0.15) is 35.9 Å². The summed E-state index contributed by atoms with van der Waals surface area (Å²) in [4.78, 5) is 18.9. The normalized spacial score (nSPS) is 18.2. The molecule has 20 heavy (non-hydrogen) atoms. The van der Waals surface area contributed by atoms with E-state index >= 15 is 0 Å². The molecule has 1 aliphatic rings. The van der Waals surface area contributed by atoms with Gasteiger partial charge in [-0.05, 0) is 19.3 Å². The van der Waals surface area contributed by atoms with Gasteiger partial charge in [0.1, 0.15) is 10.7 Å². The van der Waals surface area contributed by atoms with Crippen LogP contribution >= 0.6 is 11.3 Å². The van der Waals surface area contributed by atoms with Gasteiger partial charge in [0.15, 0.2) is 5.13 Å². The molecule has 0 aromatic carbocycles. The summed E-state index contributed by atoms with van der Waals surface area (Å²) >= 11 is 1.34. The predicted molar refractivity (Wildman–Crippen MR) is 81.4 cm³/mol. The van der Waals surface area contributed by atoms with Crippen LogP contribution in [-0.4, -0.2) is 43.7 Å². The van der Waals surface area contributed by atoms with Crippen molar-refractivity contribution in [3.63, 3.8) is 0 Å². The highest BCUT2D eigenvalue weighted by atomic mass is 32.1. The number of nitrogens with zero attached hydrogens (tertiary/aromatic N) is 2. The van der Waals surface area contributed by atoms with Crippen LogP contribution < -0.4 is 16.0 Å². The quantitative estimate of drug-likeness (QED) is 0.831. The van der Waals surface area contributed by atoms with Gasteiger partial charge >= 0.3 is 0 Å². The zero-order valence-electron chi connectivity index (χ0n) is 12.0. The summed E-state index contributed by atoms with van der Waals surface area (Å²) < 4.78 is 5.48. The number of ether oxygens (including phenoxy) is 1. The highest BCUT2D eigenvalue weighted by Crippen LogP contribution is 2.27. The van der Waals surface area contributed by atoms with Gasteiger partial charge in [-0.3, -0.25) is 4.79 Å². The van der Waals surface area contributed by atoms with E-state index in [0.717, 1.165) is 37.5 Å². The first-order valence-corrected chi connectivity index (χ1v) is 7.80. The fraction of sp³-hybridized carbons (Fsp3) is 0.692. The molecule has 1 unspecified atom stereocenters. The van der Waals surface area contributed by atoms with Crippen LogP contribution in [-0.2, 0) is 4.74 Å². The number of nitrogen functional groups attached to an aromatic ring is 1.